The van der Waals surface area contributed by atoms with Gasteiger partial charge in [0.25, 0.3) is 0 Å². The van der Waals surface area contributed by atoms with E-state index in [1.165, 1.54) is 4.90 Å². The molecule has 180 valence electrons. The molecule has 1 amide bonds. The monoisotopic (exact) mass is 455 g/mol. The van der Waals surface area contributed by atoms with Crippen LogP contribution in [-0.2, 0) is 24.0 Å². The van der Waals surface area contributed by atoms with Gasteiger partial charge in [-0.2, -0.15) is 0 Å². The molecule has 1 fully saturated rings. The third-order valence-corrected chi connectivity index (χ3v) is 5.46. The maximum Gasteiger partial charge on any atom is 0.326 e. The van der Waals surface area contributed by atoms with Crippen molar-refractivity contribution in [2.45, 2.75) is 70.0 Å². The fourth-order valence-corrected chi connectivity index (χ4v) is 3.82. The molecule has 1 heterocycles. The van der Waals surface area contributed by atoms with E-state index in [1.807, 2.05) is 6.08 Å². The third-order valence-electron chi connectivity index (χ3n) is 5.46. The zero-order chi connectivity index (χ0) is 23.5. The van der Waals surface area contributed by atoms with E-state index in [4.69, 9.17) is 15.2 Å². The molecule has 1 saturated heterocycles. The van der Waals surface area contributed by atoms with E-state index in [9.17, 15) is 19.5 Å². The average Bonchev–Trinajstić information content (AvgIpc) is 3.26. The zero-order valence-corrected chi connectivity index (χ0v) is 18.3. The Balaban J connectivity index is 1.95. The predicted octanol–water partition coefficient (Wildman–Crippen LogP) is 1.41. The number of amides is 1. The molecule has 1 aliphatic heterocycles. The van der Waals surface area contributed by atoms with Gasteiger partial charge in [0.05, 0.1) is 24.6 Å². The number of hydrogen-bond acceptors (Lipinski definition) is 9. The lowest BCUT2D eigenvalue weighted by molar-refractivity contribution is -0.492. The highest BCUT2D eigenvalue weighted by Crippen LogP contribution is 2.20. The lowest BCUT2D eigenvalue weighted by atomic mass is 9.99. The van der Waals surface area contributed by atoms with E-state index in [-0.39, 0.29) is 25.5 Å². The maximum atomic E-state index is 12.8. The van der Waals surface area contributed by atoms with Crippen LogP contribution >= 0.6 is 0 Å². The maximum absolute atomic E-state index is 12.8. The summed E-state index contributed by atoms with van der Waals surface area (Å²) in [6.45, 7) is 1.94. The number of carboxylic acid groups (broad SMARTS) is 1. The molecular formula is C21H33N3O8. The standard InChI is InChI=1S/C21H33N3O8/c1-15(19(25)23-12-5-9-18(23)20(26)27)22-17(11-10-16-7-3-2-4-8-16)21(28)31-13-6-14-32-24(29)30/h3,7-8,15,17-18,22,29-30H,2,4-6,9-14H2,1H3,(H,26,27). The van der Waals surface area contributed by atoms with Crippen LogP contribution in [0.25, 0.3) is 0 Å². The molecular weight excluding hydrogens is 422 g/mol. The number of aliphatic carboxylic acids is 1. The minimum Gasteiger partial charge on any atom is -0.480 e. The van der Waals surface area contributed by atoms with Crippen LogP contribution in [-0.4, -0.2) is 81.5 Å². The molecule has 0 saturated carbocycles. The first-order chi connectivity index (χ1) is 15.3. The Morgan fingerprint density at radius 1 is 1.28 bits per heavy atom. The predicted molar refractivity (Wildman–Crippen MR) is 111 cm³/mol. The van der Waals surface area contributed by atoms with Gasteiger partial charge >= 0.3 is 11.9 Å². The molecule has 0 aromatic rings. The number of carbonyl (C=O) groups excluding carboxylic acids is 2. The van der Waals surface area contributed by atoms with Crippen molar-refractivity contribution in [3.8, 4) is 0 Å². The van der Waals surface area contributed by atoms with Gasteiger partial charge in [-0.3, -0.25) is 30.2 Å². The number of ether oxygens (including phenoxy) is 1. The van der Waals surface area contributed by atoms with Crippen molar-refractivity contribution in [2.24, 2.45) is 0 Å². The number of allylic oxidation sites excluding steroid dienone is 4. The molecule has 0 spiro atoms. The van der Waals surface area contributed by atoms with Crippen LogP contribution in [0.4, 0.5) is 0 Å². The number of nitrogens with one attached hydrogen (secondary N) is 1. The number of likely N-dealkylation sites (tertiary alicyclic amines) is 1. The number of rotatable bonds is 13. The molecule has 0 bridgehead atoms. The molecule has 32 heavy (non-hydrogen) atoms. The lowest BCUT2D eigenvalue weighted by Gasteiger charge is -2.28. The number of esters is 1. The van der Waals surface area contributed by atoms with Crippen LogP contribution < -0.4 is 5.32 Å². The first kappa shape index (κ1) is 25.9. The van der Waals surface area contributed by atoms with Gasteiger partial charge in [0.1, 0.15) is 12.1 Å². The number of nitrogens with zero attached hydrogens (tertiary/aromatic N) is 2. The first-order valence-corrected chi connectivity index (χ1v) is 10.9. The van der Waals surface area contributed by atoms with Crippen LogP contribution in [0.3, 0.4) is 0 Å². The number of hydrogen-bond donors (Lipinski definition) is 4. The summed E-state index contributed by atoms with van der Waals surface area (Å²) < 4.78 is 5.27. The largest absolute Gasteiger partial charge is 0.480 e. The fraction of sp³-hybridized carbons (Fsp3) is 0.667. The number of carbonyl (C=O) groups is 3. The van der Waals surface area contributed by atoms with Gasteiger partial charge in [-0.1, -0.05) is 23.8 Å². The molecule has 0 radical (unpaired) electrons. The normalized spacial score (nSPS) is 20.2. The van der Waals surface area contributed by atoms with Crippen LogP contribution in [0, 0.1) is 0 Å². The van der Waals surface area contributed by atoms with E-state index in [1.54, 1.807) is 6.92 Å². The summed E-state index contributed by atoms with van der Waals surface area (Å²) in [6, 6.07) is -2.36. The quantitative estimate of drug-likeness (QED) is 0.182. The Labute approximate surface area is 187 Å². The molecule has 3 unspecified atom stereocenters. The Hall–Kier alpha value is -2.31. The molecule has 3 atom stereocenters. The van der Waals surface area contributed by atoms with Gasteiger partial charge in [-0.25, -0.2) is 4.79 Å². The molecule has 0 aromatic carbocycles. The lowest BCUT2D eigenvalue weighted by Crippen LogP contribution is -2.53. The third kappa shape index (κ3) is 8.32. The van der Waals surface area contributed by atoms with Crippen molar-refractivity contribution in [1.82, 2.24) is 15.6 Å². The number of carboxylic acids is 1. The van der Waals surface area contributed by atoms with Gasteiger partial charge in [-0.15, -0.1) is 0 Å². The highest BCUT2D eigenvalue weighted by molar-refractivity contribution is 5.88. The average molecular weight is 456 g/mol. The van der Waals surface area contributed by atoms with Gasteiger partial charge in [0, 0.05) is 13.0 Å². The Kier molecular flexibility index (Phi) is 10.8. The second kappa shape index (κ2) is 13.3. The van der Waals surface area contributed by atoms with E-state index in [0.717, 1.165) is 18.4 Å². The van der Waals surface area contributed by atoms with Crippen LogP contribution in [0.15, 0.2) is 23.8 Å². The van der Waals surface area contributed by atoms with Crippen molar-refractivity contribution in [3.05, 3.63) is 23.8 Å². The molecule has 1 aliphatic carbocycles. The Morgan fingerprint density at radius 3 is 2.72 bits per heavy atom. The van der Waals surface area contributed by atoms with Crippen LogP contribution in [0.1, 0.15) is 51.9 Å². The van der Waals surface area contributed by atoms with Crippen molar-refractivity contribution >= 4 is 17.8 Å². The van der Waals surface area contributed by atoms with Crippen LogP contribution in [0.2, 0.25) is 0 Å². The highest BCUT2D eigenvalue weighted by atomic mass is 17.1. The van der Waals surface area contributed by atoms with Gasteiger partial charge in [0.2, 0.25) is 5.91 Å². The van der Waals surface area contributed by atoms with Crippen molar-refractivity contribution in [2.75, 3.05) is 19.8 Å². The summed E-state index contributed by atoms with van der Waals surface area (Å²) in [5.41, 5.74) is 1.11. The molecule has 0 aromatic heterocycles. The summed E-state index contributed by atoms with van der Waals surface area (Å²) in [6.07, 6.45) is 10.5. The first-order valence-electron chi connectivity index (χ1n) is 10.9. The second-order valence-corrected chi connectivity index (χ2v) is 7.87. The molecule has 11 heteroatoms. The summed E-state index contributed by atoms with van der Waals surface area (Å²) >= 11 is 0. The Morgan fingerprint density at radius 2 is 2.06 bits per heavy atom. The van der Waals surface area contributed by atoms with Gasteiger partial charge < -0.3 is 14.7 Å². The van der Waals surface area contributed by atoms with Crippen molar-refractivity contribution in [3.63, 3.8) is 0 Å². The summed E-state index contributed by atoms with van der Waals surface area (Å²) in [5.74, 6) is -1.92. The summed E-state index contributed by atoms with van der Waals surface area (Å²) in [7, 11) is 0. The summed E-state index contributed by atoms with van der Waals surface area (Å²) in [4.78, 5) is 42.7. The molecule has 11 nitrogen and oxygen atoms in total. The minimum atomic E-state index is -1.03. The fourth-order valence-electron chi connectivity index (χ4n) is 3.82. The molecule has 2 rings (SSSR count). The van der Waals surface area contributed by atoms with E-state index in [0.29, 0.717) is 32.2 Å². The van der Waals surface area contributed by atoms with Gasteiger partial charge in [-0.05, 0) is 45.4 Å². The van der Waals surface area contributed by atoms with Crippen molar-refractivity contribution < 1.29 is 39.5 Å². The van der Waals surface area contributed by atoms with E-state index >= 15 is 0 Å². The molecule has 4 N–H and O–H groups in total. The smallest absolute Gasteiger partial charge is 0.326 e. The molecule has 2 aliphatic rings. The van der Waals surface area contributed by atoms with Crippen molar-refractivity contribution in [1.29, 1.82) is 0 Å². The minimum absolute atomic E-state index is 0.00297. The topological polar surface area (TPSA) is 149 Å². The Bertz CT molecular complexity index is 709. The zero-order valence-electron chi connectivity index (χ0n) is 18.3. The highest BCUT2D eigenvalue weighted by Gasteiger charge is 2.37. The van der Waals surface area contributed by atoms with Gasteiger partial charge in [0.15, 0.2) is 0 Å². The van der Waals surface area contributed by atoms with Crippen LogP contribution in [0.5, 0.6) is 0 Å². The SMILES string of the molecule is CC(NC(CCC1=CCCC=C1)C(=O)OCCCON(O)O)C(=O)N1CCCC1C(=O)O. The van der Waals surface area contributed by atoms with E-state index in [2.05, 4.69) is 22.3 Å². The second-order valence-electron chi connectivity index (χ2n) is 7.87. The van der Waals surface area contributed by atoms with E-state index < -0.39 is 35.5 Å². The summed E-state index contributed by atoms with van der Waals surface area (Å²) in [5, 5.41) is 29.0.